The average molecular weight is 360 g/mol. The normalized spacial score (nSPS) is 12.1. The number of amides is 1. The second kappa shape index (κ2) is 7.52. The van der Waals surface area contributed by atoms with Crippen LogP contribution < -0.4 is 5.32 Å². The number of anilines is 1. The molecule has 1 atom stereocenters. The van der Waals surface area contributed by atoms with Crippen molar-refractivity contribution in [2.24, 2.45) is 0 Å². The third kappa shape index (κ3) is 3.74. The summed E-state index contributed by atoms with van der Waals surface area (Å²) in [4.78, 5) is 12.3. The van der Waals surface area contributed by atoms with Gasteiger partial charge >= 0.3 is 0 Å². The molecule has 6 nitrogen and oxygen atoms in total. The van der Waals surface area contributed by atoms with E-state index in [1.165, 1.54) is 23.9 Å². The molecule has 0 aliphatic carbocycles. The van der Waals surface area contributed by atoms with Crippen LogP contribution in [0.4, 0.5) is 10.1 Å². The van der Waals surface area contributed by atoms with Gasteiger partial charge in [0.25, 0.3) is 0 Å². The topological polar surface area (TPSA) is 73.0 Å². The van der Waals surface area contributed by atoms with Gasteiger partial charge in [-0.05, 0) is 38.1 Å². The zero-order chi connectivity index (χ0) is 17.8. The van der Waals surface area contributed by atoms with Crippen LogP contribution in [0.1, 0.15) is 13.8 Å². The van der Waals surface area contributed by atoms with Gasteiger partial charge in [-0.3, -0.25) is 9.36 Å². The van der Waals surface area contributed by atoms with Crippen molar-refractivity contribution < 1.29 is 13.6 Å². The molecule has 1 unspecified atom stereocenters. The monoisotopic (exact) mass is 360 g/mol. The van der Waals surface area contributed by atoms with Gasteiger partial charge in [0.15, 0.2) is 16.7 Å². The minimum atomic E-state index is -0.474. The van der Waals surface area contributed by atoms with Crippen LogP contribution in [0.25, 0.3) is 11.6 Å². The number of carbonyl (C=O) groups is 1. The van der Waals surface area contributed by atoms with Gasteiger partial charge in [0.1, 0.15) is 5.82 Å². The Balaban J connectivity index is 1.74. The molecule has 0 saturated heterocycles. The molecule has 1 aromatic carbocycles. The van der Waals surface area contributed by atoms with Gasteiger partial charge in [-0.15, -0.1) is 10.2 Å². The number of para-hydroxylation sites is 1. The molecule has 1 amide bonds. The first-order chi connectivity index (χ1) is 12.1. The second-order valence-electron chi connectivity index (χ2n) is 5.26. The number of furan rings is 1. The Morgan fingerprint density at radius 2 is 2.12 bits per heavy atom. The highest BCUT2D eigenvalue weighted by atomic mass is 32.2. The number of nitrogens with zero attached hydrogens (tertiary/aromatic N) is 3. The van der Waals surface area contributed by atoms with Crippen molar-refractivity contribution in [2.75, 3.05) is 5.32 Å². The number of aromatic nitrogens is 3. The van der Waals surface area contributed by atoms with E-state index < -0.39 is 11.1 Å². The van der Waals surface area contributed by atoms with Crippen molar-refractivity contribution in [3.8, 4) is 11.6 Å². The van der Waals surface area contributed by atoms with E-state index in [-0.39, 0.29) is 11.6 Å². The summed E-state index contributed by atoms with van der Waals surface area (Å²) < 4.78 is 20.9. The van der Waals surface area contributed by atoms with Crippen molar-refractivity contribution in [3.63, 3.8) is 0 Å². The second-order valence-corrected chi connectivity index (χ2v) is 6.56. The van der Waals surface area contributed by atoms with Crippen LogP contribution >= 0.6 is 11.8 Å². The maximum atomic E-state index is 13.7. The molecule has 0 fully saturated rings. The molecule has 0 spiro atoms. The Bertz CT molecular complexity index is 863. The SMILES string of the molecule is CCn1c(SC(C)C(=O)Nc2ccccc2F)nnc1-c1ccco1. The molecule has 130 valence electrons. The summed E-state index contributed by atoms with van der Waals surface area (Å²) in [6.45, 7) is 4.33. The maximum absolute atomic E-state index is 13.7. The molecule has 1 N–H and O–H groups in total. The van der Waals surface area contributed by atoms with E-state index >= 15 is 0 Å². The molecular formula is C17H17FN4O2S. The molecule has 3 rings (SSSR count). The largest absolute Gasteiger partial charge is 0.461 e. The van der Waals surface area contributed by atoms with Crippen molar-refractivity contribution in [1.29, 1.82) is 0 Å². The smallest absolute Gasteiger partial charge is 0.237 e. The third-order valence-electron chi connectivity index (χ3n) is 3.56. The summed E-state index contributed by atoms with van der Waals surface area (Å²) >= 11 is 1.26. The maximum Gasteiger partial charge on any atom is 0.237 e. The van der Waals surface area contributed by atoms with Crippen LogP contribution in [0.5, 0.6) is 0 Å². The molecule has 0 aliphatic rings. The highest BCUT2D eigenvalue weighted by Gasteiger charge is 2.21. The van der Waals surface area contributed by atoms with Crippen LogP contribution in [-0.2, 0) is 11.3 Å². The number of benzene rings is 1. The average Bonchev–Trinajstić information content (AvgIpc) is 3.25. The first-order valence-electron chi connectivity index (χ1n) is 7.79. The quantitative estimate of drug-likeness (QED) is 0.677. The van der Waals surface area contributed by atoms with E-state index in [9.17, 15) is 9.18 Å². The Labute approximate surface area is 148 Å². The first-order valence-corrected chi connectivity index (χ1v) is 8.67. The number of hydrogen-bond donors (Lipinski definition) is 1. The number of rotatable bonds is 6. The molecule has 2 aromatic heterocycles. The summed E-state index contributed by atoms with van der Waals surface area (Å²) in [5, 5.41) is 11.0. The Hall–Kier alpha value is -2.61. The van der Waals surface area contributed by atoms with Crippen LogP contribution in [-0.4, -0.2) is 25.9 Å². The van der Waals surface area contributed by atoms with Crippen molar-refractivity contribution in [1.82, 2.24) is 14.8 Å². The predicted octanol–water partition coefficient (Wildman–Crippen LogP) is 3.82. The predicted molar refractivity (Wildman–Crippen MR) is 93.7 cm³/mol. The molecule has 2 heterocycles. The van der Waals surface area contributed by atoms with Gasteiger partial charge in [0.2, 0.25) is 5.91 Å². The molecular weight excluding hydrogens is 343 g/mol. The Kier molecular flexibility index (Phi) is 5.18. The van der Waals surface area contributed by atoms with Gasteiger partial charge in [-0.1, -0.05) is 23.9 Å². The lowest BCUT2D eigenvalue weighted by Gasteiger charge is -2.12. The molecule has 0 saturated carbocycles. The van der Waals surface area contributed by atoms with Gasteiger partial charge in [-0.2, -0.15) is 0 Å². The van der Waals surface area contributed by atoms with Gasteiger partial charge in [0.05, 0.1) is 17.2 Å². The third-order valence-corrected chi connectivity index (χ3v) is 4.64. The fourth-order valence-corrected chi connectivity index (χ4v) is 3.17. The lowest BCUT2D eigenvalue weighted by molar-refractivity contribution is -0.115. The standard InChI is InChI=1S/C17H17FN4O2S/c1-3-22-15(14-9-6-10-24-14)20-21-17(22)25-11(2)16(23)19-13-8-5-4-7-12(13)18/h4-11H,3H2,1-2H3,(H,19,23). The summed E-state index contributed by atoms with van der Waals surface area (Å²) in [5.74, 6) is 0.451. The summed E-state index contributed by atoms with van der Waals surface area (Å²) in [6.07, 6.45) is 1.57. The van der Waals surface area contributed by atoms with Crippen molar-refractivity contribution >= 4 is 23.4 Å². The van der Waals surface area contributed by atoms with E-state index in [4.69, 9.17) is 4.42 Å². The Morgan fingerprint density at radius 1 is 1.32 bits per heavy atom. The van der Waals surface area contributed by atoms with Crippen LogP contribution in [0.3, 0.4) is 0 Å². The highest BCUT2D eigenvalue weighted by molar-refractivity contribution is 8.00. The Morgan fingerprint density at radius 3 is 2.80 bits per heavy atom. The fraction of sp³-hybridized carbons (Fsp3) is 0.235. The van der Waals surface area contributed by atoms with E-state index in [1.54, 1.807) is 37.5 Å². The summed E-state index contributed by atoms with van der Waals surface area (Å²) in [7, 11) is 0. The molecule has 0 bridgehead atoms. The lowest BCUT2D eigenvalue weighted by Crippen LogP contribution is -2.23. The number of thioether (sulfide) groups is 1. The van der Waals surface area contributed by atoms with Gasteiger partial charge < -0.3 is 9.73 Å². The van der Waals surface area contributed by atoms with Crippen LogP contribution in [0, 0.1) is 5.82 Å². The fourth-order valence-electron chi connectivity index (χ4n) is 2.26. The van der Waals surface area contributed by atoms with Gasteiger partial charge in [0, 0.05) is 6.54 Å². The van der Waals surface area contributed by atoms with E-state index in [1.807, 2.05) is 11.5 Å². The lowest BCUT2D eigenvalue weighted by atomic mass is 10.3. The van der Waals surface area contributed by atoms with Crippen molar-refractivity contribution in [3.05, 3.63) is 48.5 Å². The number of nitrogens with one attached hydrogen (secondary N) is 1. The summed E-state index contributed by atoms with van der Waals surface area (Å²) in [5.41, 5.74) is 0.160. The zero-order valence-electron chi connectivity index (χ0n) is 13.8. The molecule has 0 aliphatic heterocycles. The van der Waals surface area contributed by atoms with Crippen LogP contribution in [0.2, 0.25) is 0 Å². The minimum Gasteiger partial charge on any atom is -0.461 e. The van der Waals surface area contributed by atoms with E-state index in [0.717, 1.165) is 0 Å². The molecule has 8 heteroatoms. The number of carbonyl (C=O) groups excluding carboxylic acids is 1. The number of halogens is 1. The first kappa shape index (κ1) is 17.2. The summed E-state index contributed by atoms with van der Waals surface area (Å²) in [6, 6.07) is 9.65. The van der Waals surface area contributed by atoms with Crippen molar-refractivity contribution in [2.45, 2.75) is 30.8 Å². The molecule has 0 radical (unpaired) electrons. The molecule has 3 aromatic rings. The minimum absolute atomic E-state index is 0.160. The van der Waals surface area contributed by atoms with E-state index in [2.05, 4.69) is 15.5 Å². The van der Waals surface area contributed by atoms with E-state index in [0.29, 0.717) is 23.3 Å². The highest BCUT2D eigenvalue weighted by Crippen LogP contribution is 2.27. The molecule has 25 heavy (non-hydrogen) atoms. The zero-order valence-corrected chi connectivity index (χ0v) is 14.6. The number of hydrogen-bond acceptors (Lipinski definition) is 5. The van der Waals surface area contributed by atoms with Crippen LogP contribution in [0.15, 0.2) is 52.2 Å². The van der Waals surface area contributed by atoms with Gasteiger partial charge in [-0.25, -0.2) is 4.39 Å².